The van der Waals surface area contributed by atoms with Crippen molar-refractivity contribution in [2.24, 2.45) is 0 Å². The summed E-state index contributed by atoms with van der Waals surface area (Å²) in [5.74, 6) is -1.05. The van der Waals surface area contributed by atoms with Crippen LogP contribution in [0.1, 0.15) is 13.8 Å². The summed E-state index contributed by atoms with van der Waals surface area (Å²) in [5, 5.41) is 10.9. The lowest BCUT2D eigenvalue weighted by molar-refractivity contribution is -0.138. The highest BCUT2D eigenvalue weighted by Crippen LogP contribution is 1.91. The van der Waals surface area contributed by atoms with E-state index in [-0.39, 0.29) is 6.03 Å². The van der Waals surface area contributed by atoms with E-state index in [0.29, 0.717) is 13.1 Å². The maximum absolute atomic E-state index is 11.4. The van der Waals surface area contributed by atoms with E-state index in [1.54, 1.807) is 6.08 Å². The Hall–Kier alpha value is -1.52. The summed E-state index contributed by atoms with van der Waals surface area (Å²) in [6.45, 7) is 7.67. The van der Waals surface area contributed by atoms with Crippen LogP contribution in [0.5, 0.6) is 0 Å². The number of rotatable bonds is 5. The lowest BCUT2D eigenvalue weighted by Gasteiger charge is -2.20. The first kappa shape index (κ1) is 12.5. The van der Waals surface area contributed by atoms with Gasteiger partial charge in [0, 0.05) is 13.1 Å². The highest BCUT2D eigenvalue weighted by Gasteiger charge is 2.16. The van der Waals surface area contributed by atoms with Gasteiger partial charge < -0.3 is 15.3 Å². The second-order valence-corrected chi connectivity index (χ2v) is 2.84. The molecule has 0 aromatic heterocycles. The number of hydrogen-bond donors (Lipinski definition) is 2. The quantitative estimate of drug-likeness (QED) is 0.641. The molecule has 0 rings (SSSR count). The third kappa shape index (κ3) is 3.93. The number of amides is 2. The number of aliphatic carboxylic acids is 1. The van der Waals surface area contributed by atoms with E-state index in [0.717, 1.165) is 0 Å². The van der Waals surface area contributed by atoms with Crippen LogP contribution in [0.4, 0.5) is 4.79 Å². The van der Waals surface area contributed by atoms with Crippen LogP contribution in [0.3, 0.4) is 0 Å². The fourth-order valence-electron chi connectivity index (χ4n) is 0.850. The second-order valence-electron chi connectivity index (χ2n) is 2.84. The van der Waals surface area contributed by atoms with Crippen molar-refractivity contribution in [3.63, 3.8) is 0 Å². The fourth-order valence-corrected chi connectivity index (χ4v) is 0.850. The van der Waals surface area contributed by atoms with Gasteiger partial charge in [0.1, 0.15) is 6.04 Å². The molecule has 2 amide bonds. The van der Waals surface area contributed by atoms with Gasteiger partial charge in [0.2, 0.25) is 0 Å². The van der Waals surface area contributed by atoms with Crippen molar-refractivity contribution in [3.05, 3.63) is 12.7 Å². The Morgan fingerprint density at radius 2 is 2.21 bits per heavy atom. The number of carboxylic acid groups (broad SMARTS) is 1. The van der Waals surface area contributed by atoms with Crippen molar-refractivity contribution in [2.75, 3.05) is 13.1 Å². The Balaban J connectivity index is 4.16. The highest BCUT2D eigenvalue weighted by atomic mass is 16.4. The molecule has 0 aliphatic heterocycles. The van der Waals surface area contributed by atoms with E-state index in [4.69, 9.17) is 5.11 Å². The molecule has 0 heterocycles. The molecule has 1 atom stereocenters. The van der Waals surface area contributed by atoms with Crippen molar-refractivity contribution in [2.45, 2.75) is 19.9 Å². The molecule has 0 bridgehead atoms. The van der Waals surface area contributed by atoms with Gasteiger partial charge in [0.25, 0.3) is 0 Å². The first-order chi connectivity index (χ1) is 6.52. The Labute approximate surface area is 83.4 Å². The Morgan fingerprint density at radius 3 is 2.57 bits per heavy atom. The highest BCUT2D eigenvalue weighted by molar-refractivity contribution is 5.82. The predicted molar refractivity (Wildman–Crippen MR) is 53.1 cm³/mol. The summed E-state index contributed by atoms with van der Waals surface area (Å²) in [6, 6.07) is -1.26. The van der Waals surface area contributed by atoms with E-state index in [1.165, 1.54) is 11.8 Å². The molecule has 80 valence electrons. The Bertz CT molecular complexity index is 228. The molecular formula is C9H16N2O3. The van der Waals surface area contributed by atoms with Crippen LogP contribution in [0.15, 0.2) is 12.7 Å². The minimum Gasteiger partial charge on any atom is -0.480 e. The first-order valence-corrected chi connectivity index (χ1v) is 4.42. The Kier molecular flexibility index (Phi) is 5.36. The summed E-state index contributed by atoms with van der Waals surface area (Å²) in [5.41, 5.74) is 0. The van der Waals surface area contributed by atoms with E-state index in [2.05, 4.69) is 11.9 Å². The van der Waals surface area contributed by atoms with Gasteiger partial charge in [-0.1, -0.05) is 6.08 Å². The molecule has 0 spiro atoms. The van der Waals surface area contributed by atoms with Crippen LogP contribution >= 0.6 is 0 Å². The van der Waals surface area contributed by atoms with Gasteiger partial charge in [-0.3, -0.25) is 4.79 Å². The first-order valence-electron chi connectivity index (χ1n) is 4.42. The van der Waals surface area contributed by atoms with Crippen molar-refractivity contribution < 1.29 is 14.7 Å². The number of nitrogens with zero attached hydrogens (tertiary/aromatic N) is 1. The zero-order chi connectivity index (χ0) is 11.1. The zero-order valence-corrected chi connectivity index (χ0v) is 8.49. The van der Waals surface area contributed by atoms with Crippen LogP contribution in [0.2, 0.25) is 0 Å². The number of hydrogen-bond acceptors (Lipinski definition) is 2. The van der Waals surface area contributed by atoms with Crippen LogP contribution in [0, 0.1) is 0 Å². The maximum Gasteiger partial charge on any atom is 0.325 e. The topological polar surface area (TPSA) is 69.6 Å². The van der Waals surface area contributed by atoms with Gasteiger partial charge in [-0.15, -0.1) is 6.58 Å². The molecule has 0 aromatic carbocycles. The van der Waals surface area contributed by atoms with Crippen molar-refractivity contribution >= 4 is 12.0 Å². The molecule has 0 aliphatic carbocycles. The molecule has 14 heavy (non-hydrogen) atoms. The van der Waals surface area contributed by atoms with Gasteiger partial charge in [-0.2, -0.15) is 0 Å². The summed E-state index contributed by atoms with van der Waals surface area (Å²) >= 11 is 0. The van der Waals surface area contributed by atoms with Crippen LogP contribution in [-0.4, -0.2) is 41.1 Å². The third-order valence-corrected chi connectivity index (χ3v) is 1.73. The molecule has 0 aromatic rings. The van der Waals surface area contributed by atoms with E-state index >= 15 is 0 Å². The molecule has 0 aliphatic rings. The molecule has 0 fully saturated rings. The second kappa shape index (κ2) is 6.01. The lowest BCUT2D eigenvalue weighted by atomic mass is 10.3. The van der Waals surface area contributed by atoms with E-state index in [9.17, 15) is 9.59 Å². The molecule has 0 saturated heterocycles. The van der Waals surface area contributed by atoms with Crippen LogP contribution in [0.25, 0.3) is 0 Å². The normalized spacial score (nSPS) is 11.6. The smallest absolute Gasteiger partial charge is 0.325 e. The van der Waals surface area contributed by atoms with Crippen LogP contribution in [-0.2, 0) is 4.79 Å². The SMILES string of the molecule is C=CCN(CC)C(=O)N[C@H](C)C(=O)O. The molecule has 0 saturated carbocycles. The monoisotopic (exact) mass is 200 g/mol. The van der Waals surface area contributed by atoms with Gasteiger partial charge >= 0.3 is 12.0 Å². The number of likely N-dealkylation sites (N-methyl/N-ethyl adjacent to an activating group) is 1. The van der Waals surface area contributed by atoms with Gasteiger partial charge in [-0.05, 0) is 13.8 Å². The molecule has 0 unspecified atom stereocenters. The Morgan fingerprint density at radius 1 is 1.64 bits per heavy atom. The zero-order valence-electron chi connectivity index (χ0n) is 8.49. The standard InChI is InChI=1S/C9H16N2O3/c1-4-6-11(5-2)9(14)10-7(3)8(12)13/h4,7H,1,5-6H2,2-3H3,(H,10,14)(H,12,13)/t7-/m1/s1. The van der Waals surface area contributed by atoms with Crippen molar-refractivity contribution in [1.29, 1.82) is 0 Å². The number of urea groups is 1. The van der Waals surface area contributed by atoms with E-state index in [1.807, 2.05) is 6.92 Å². The average molecular weight is 200 g/mol. The summed E-state index contributed by atoms with van der Waals surface area (Å²) in [4.78, 5) is 23.3. The van der Waals surface area contributed by atoms with E-state index < -0.39 is 12.0 Å². The van der Waals surface area contributed by atoms with Crippen LogP contribution < -0.4 is 5.32 Å². The number of nitrogens with one attached hydrogen (secondary N) is 1. The number of carboxylic acids is 1. The summed E-state index contributed by atoms with van der Waals surface area (Å²) < 4.78 is 0. The number of carbonyl (C=O) groups is 2. The minimum absolute atomic E-state index is 0.387. The predicted octanol–water partition coefficient (Wildman–Crippen LogP) is 0.677. The molecule has 2 N–H and O–H groups in total. The van der Waals surface area contributed by atoms with Crippen molar-refractivity contribution in [3.8, 4) is 0 Å². The molecular weight excluding hydrogens is 184 g/mol. The van der Waals surface area contributed by atoms with Crippen molar-refractivity contribution in [1.82, 2.24) is 10.2 Å². The number of carbonyl (C=O) groups excluding carboxylic acids is 1. The minimum atomic E-state index is -1.05. The summed E-state index contributed by atoms with van der Waals surface area (Å²) in [6.07, 6.45) is 1.59. The molecule has 5 heteroatoms. The lowest BCUT2D eigenvalue weighted by Crippen LogP contribution is -2.46. The summed E-state index contributed by atoms with van der Waals surface area (Å²) in [7, 11) is 0. The maximum atomic E-state index is 11.4. The third-order valence-electron chi connectivity index (χ3n) is 1.73. The largest absolute Gasteiger partial charge is 0.480 e. The molecule has 0 radical (unpaired) electrons. The molecule has 5 nitrogen and oxygen atoms in total. The fraction of sp³-hybridized carbons (Fsp3) is 0.556. The van der Waals surface area contributed by atoms with Gasteiger partial charge in [0.15, 0.2) is 0 Å². The van der Waals surface area contributed by atoms with Gasteiger partial charge in [-0.25, -0.2) is 4.79 Å². The van der Waals surface area contributed by atoms with Gasteiger partial charge in [0.05, 0.1) is 0 Å². The average Bonchev–Trinajstić information content (AvgIpc) is 2.13.